The van der Waals surface area contributed by atoms with Crippen molar-refractivity contribution in [2.45, 2.75) is 52.0 Å². The number of sulfonamides is 1. The Morgan fingerprint density at radius 3 is 2.20 bits per heavy atom. The van der Waals surface area contributed by atoms with E-state index in [1.54, 1.807) is 30.3 Å². The van der Waals surface area contributed by atoms with Crippen LogP contribution in [0.2, 0.25) is 0 Å². The van der Waals surface area contributed by atoms with Gasteiger partial charge < -0.3 is 10.2 Å². The maximum absolute atomic E-state index is 13.4. The quantitative estimate of drug-likeness (QED) is 0.524. The van der Waals surface area contributed by atoms with Gasteiger partial charge in [-0.25, -0.2) is 8.42 Å². The zero-order chi connectivity index (χ0) is 26.4. The van der Waals surface area contributed by atoms with Crippen molar-refractivity contribution in [3.05, 3.63) is 65.7 Å². The van der Waals surface area contributed by atoms with Gasteiger partial charge in [-0.3, -0.25) is 13.9 Å². The largest absolute Gasteiger partial charge is 0.416 e. The van der Waals surface area contributed by atoms with Crippen LogP contribution in [0.25, 0.3) is 0 Å². The highest BCUT2D eigenvalue weighted by atomic mass is 32.2. The SMILES string of the molecule is CCC(C)NC(=O)C(C)N(Cc1ccccc1)C(=O)CN(c1cccc(C(F)(F)F)c1)S(C)(=O)=O. The summed E-state index contributed by atoms with van der Waals surface area (Å²) in [5.74, 6) is -1.16. The van der Waals surface area contributed by atoms with Crippen LogP contribution in [-0.4, -0.2) is 50.0 Å². The number of carbonyl (C=O) groups excluding carboxylic acids is 2. The Bertz CT molecular complexity index is 1120. The molecule has 2 amide bonds. The number of halogens is 3. The summed E-state index contributed by atoms with van der Waals surface area (Å²) in [7, 11) is -4.13. The van der Waals surface area contributed by atoms with Crippen LogP contribution >= 0.6 is 0 Å². The van der Waals surface area contributed by atoms with E-state index >= 15 is 0 Å². The van der Waals surface area contributed by atoms with Gasteiger partial charge in [0.15, 0.2) is 0 Å². The van der Waals surface area contributed by atoms with Gasteiger partial charge in [-0.1, -0.05) is 43.3 Å². The molecule has 0 bridgehead atoms. The first-order valence-corrected chi connectivity index (χ1v) is 12.9. The van der Waals surface area contributed by atoms with Crippen LogP contribution in [0.1, 0.15) is 38.3 Å². The number of hydrogen-bond donors (Lipinski definition) is 1. The second-order valence-corrected chi connectivity index (χ2v) is 10.2. The molecule has 0 fully saturated rings. The van der Waals surface area contributed by atoms with Crippen molar-refractivity contribution in [2.24, 2.45) is 0 Å². The predicted molar refractivity (Wildman–Crippen MR) is 128 cm³/mol. The summed E-state index contributed by atoms with van der Waals surface area (Å²) in [5, 5.41) is 2.80. The fourth-order valence-corrected chi connectivity index (χ4v) is 4.12. The fourth-order valence-electron chi connectivity index (χ4n) is 3.28. The number of rotatable bonds is 10. The van der Waals surface area contributed by atoms with Crippen LogP contribution in [0.4, 0.5) is 18.9 Å². The van der Waals surface area contributed by atoms with Crippen molar-refractivity contribution in [1.29, 1.82) is 0 Å². The second-order valence-electron chi connectivity index (χ2n) is 8.32. The lowest BCUT2D eigenvalue weighted by atomic mass is 10.1. The molecule has 0 aliphatic rings. The highest BCUT2D eigenvalue weighted by Crippen LogP contribution is 2.32. The van der Waals surface area contributed by atoms with Crippen molar-refractivity contribution in [3.63, 3.8) is 0 Å². The fraction of sp³-hybridized carbons (Fsp3) is 0.417. The number of nitrogens with zero attached hydrogens (tertiary/aromatic N) is 2. The molecule has 11 heteroatoms. The summed E-state index contributed by atoms with van der Waals surface area (Å²) in [4.78, 5) is 27.4. The third-order valence-corrected chi connectivity index (χ3v) is 6.65. The average molecular weight is 514 g/mol. The molecule has 0 heterocycles. The molecule has 0 spiro atoms. The summed E-state index contributed by atoms with van der Waals surface area (Å²) < 4.78 is 65.2. The smallest absolute Gasteiger partial charge is 0.352 e. The summed E-state index contributed by atoms with van der Waals surface area (Å²) in [6, 6.07) is 11.4. The van der Waals surface area contributed by atoms with Crippen LogP contribution in [0.5, 0.6) is 0 Å². The van der Waals surface area contributed by atoms with Gasteiger partial charge in [-0.2, -0.15) is 13.2 Å². The molecule has 35 heavy (non-hydrogen) atoms. The molecule has 0 aliphatic heterocycles. The number of anilines is 1. The molecule has 2 atom stereocenters. The van der Waals surface area contributed by atoms with Crippen LogP contribution in [0, 0.1) is 0 Å². The van der Waals surface area contributed by atoms with E-state index in [1.165, 1.54) is 17.9 Å². The van der Waals surface area contributed by atoms with Gasteiger partial charge in [0.2, 0.25) is 21.8 Å². The first-order chi connectivity index (χ1) is 16.2. The van der Waals surface area contributed by atoms with Crippen LogP contribution in [0.3, 0.4) is 0 Å². The van der Waals surface area contributed by atoms with Gasteiger partial charge in [-0.15, -0.1) is 0 Å². The number of nitrogens with one attached hydrogen (secondary N) is 1. The average Bonchev–Trinajstić information content (AvgIpc) is 2.79. The molecule has 0 saturated heterocycles. The molecule has 7 nitrogen and oxygen atoms in total. The van der Waals surface area contributed by atoms with Gasteiger partial charge >= 0.3 is 6.18 Å². The Morgan fingerprint density at radius 1 is 1.03 bits per heavy atom. The van der Waals surface area contributed by atoms with Crippen LogP contribution in [-0.2, 0) is 32.3 Å². The lowest BCUT2D eigenvalue weighted by molar-refractivity contribution is -0.139. The zero-order valence-corrected chi connectivity index (χ0v) is 20.9. The molecule has 2 rings (SSSR count). The summed E-state index contributed by atoms with van der Waals surface area (Å²) >= 11 is 0. The highest BCUT2D eigenvalue weighted by Gasteiger charge is 2.33. The van der Waals surface area contributed by atoms with Gasteiger partial charge in [0.25, 0.3) is 0 Å². The second kappa shape index (κ2) is 11.6. The van der Waals surface area contributed by atoms with Crippen molar-refractivity contribution in [2.75, 3.05) is 17.1 Å². The molecule has 0 aliphatic carbocycles. The van der Waals surface area contributed by atoms with Crippen molar-refractivity contribution >= 4 is 27.5 Å². The van der Waals surface area contributed by atoms with E-state index in [2.05, 4.69) is 5.32 Å². The number of benzene rings is 2. The Morgan fingerprint density at radius 2 is 1.66 bits per heavy atom. The van der Waals surface area contributed by atoms with Gasteiger partial charge in [0.1, 0.15) is 12.6 Å². The van der Waals surface area contributed by atoms with Crippen LogP contribution in [0.15, 0.2) is 54.6 Å². The standard InChI is InChI=1S/C24H30F3N3O4S/c1-5-17(2)28-23(32)18(3)29(15-19-10-7-6-8-11-19)22(31)16-30(35(4,33)34)21-13-9-12-20(14-21)24(25,26)27/h6-14,17-18H,5,15-16H2,1-4H3,(H,28,32). The Hall–Kier alpha value is -3.08. The number of amides is 2. The van der Waals surface area contributed by atoms with E-state index in [-0.39, 0.29) is 18.3 Å². The molecule has 1 N–H and O–H groups in total. The molecule has 2 aromatic carbocycles. The summed E-state index contributed by atoms with van der Waals surface area (Å²) in [6.45, 7) is 4.46. The Labute approximate surface area is 204 Å². The molecule has 2 aromatic rings. The molecule has 0 aromatic heterocycles. The maximum atomic E-state index is 13.4. The van der Waals surface area contributed by atoms with Gasteiger partial charge in [-0.05, 0) is 44.0 Å². The van der Waals surface area contributed by atoms with E-state index < -0.39 is 46.2 Å². The number of hydrogen-bond acceptors (Lipinski definition) is 4. The first kappa shape index (κ1) is 28.2. The van der Waals surface area contributed by atoms with E-state index in [4.69, 9.17) is 0 Å². The van der Waals surface area contributed by atoms with Crippen LogP contribution < -0.4 is 9.62 Å². The van der Waals surface area contributed by atoms with E-state index in [9.17, 15) is 31.2 Å². The Balaban J connectivity index is 2.41. The summed E-state index contributed by atoms with van der Waals surface area (Å²) in [6.07, 6.45) is -3.21. The zero-order valence-electron chi connectivity index (χ0n) is 20.0. The number of carbonyl (C=O) groups is 2. The van der Waals surface area contributed by atoms with Crippen molar-refractivity contribution in [1.82, 2.24) is 10.2 Å². The molecular formula is C24H30F3N3O4S. The molecule has 192 valence electrons. The third kappa shape index (κ3) is 7.98. The lowest BCUT2D eigenvalue weighted by Gasteiger charge is -2.32. The minimum Gasteiger partial charge on any atom is -0.352 e. The molecule has 0 saturated carbocycles. The van der Waals surface area contributed by atoms with E-state index in [0.29, 0.717) is 22.4 Å². The summed E-state index contributed by atoms with van der Waals surface area (Å²) in [5.41, 5.74) is -0.639. The molecular weight excluding hydrogens is 483 g/mol. The molecule has 0 radical (unpaired) electrons. The van der Waals surface area contributed by atoms with Crippen molar-refractivity contribution in [3.8, 4) is 0 Å². The first-order valence-electron chi connectivity index (χ1n) is 11.0. The van der Waals surface area contributed by atoms with E-state index in [1.807, 2.05) is 13.8 Å². The van der Waals surface area contributed by atoms with Crippen molar-refractivity contribution < 1.29 is 31.2 Å². The van der Waals surface area contributed by atoms with Gasteiger partial charge in [0, 0.05) is 12.6 Å². The number of alkyl halides is 3. The molecule has 2 unspecified atom stereocenters. The minimum absolute atomic E-state index is 0.00889. The monoisotopic (exact) mass is 513 g/mol. The van der Waals surface area contributed by atoms with Gasteiger partial charge in [0.05, 0.1) is 17.5 Å². The highest BCUT2D eigenvalue weighted by molar-refractivity contribution is 7.92. The normalized spacial score (nSPS) is 13.6. The predicted octanol–water partition coefficient (Wildman–Crippen LogP) is 3.80. The minimum atomic E-state index is -4.69. The Kier molecular flexibility index (Phi) is 9.31. The topological polar surface area (TPSA) is 86.8 Å². The lowest BCUT2D eigenvalue weighted by Crippen LogP contribution is -2.52. The third-order valence-electron chi connectivity index (χ3n) is 5.50. The van der Waals surface area contributed by atoms with E-state index in [0.717, 1.165) is 18.4 Å². The maximum Gasteiger partial charge on any atom is 0.416 e.